The standard InChI is InChI=1S/C23H18ClN3O4/c1-14-19(12-15-11-16(24)7-9-20(15)25-14)22(28)26-27-23(29)21-10-8-18(31-21)13-30-17-5-3-2-4-6-17/h2-12H,13H2,1H3,(H,26,28)(H,27,29). The highest BCUT2D eigenvalue weighted by molar-refractivity contribution is 6.31. The van der Waals surface area contributed by atoms with Crippen molar-refractivity contribution in [3.63, 3.8) is 0 Å². The monoisotopic (exact) mass is 435 g/mol. The fourth-order valence-electron chi connectivity index (χ4n) is 2.96. The van der Waals surface area contributed by atoms with Crippen LogP contribution in [0, 0.1) is 6.92 Å². The zero-order valence-corrected chi connectivity index (χ0v) is 17.3. The highest BCUT2D eigenvalue weighted by Crippen LogP contribution is 2.20. The molecule has 0 saturated heterocycles. The van der Waals surface area contributed by atoms with Crippen LogP contribution in [0.5, 0.6) is 5.75 Å². The predicted molar refractivity (Wildman–Crippen MR) is 116 cm³/mol. The fourth-order valence-corrected chi connectivity index (χ4v) is 3.15. The predicted octanol–water partition coefficient (Wildman–Crippen LogP) is 4.44. The second-order valence-electron chi connectivity index (χ2n) is 6.73. The number of aryl methyl sites for hydroxylation is 1. The van der Waals surface area contributed by atoms with Crippen molar-refractivity contribution in [2.45, 2.75) is 13.5 Å². The Hall–Kier alpha value is -3.84. The van der Waals surface area contributed by atoms with Crippen LogP contribution in [0.3, 0.4) is 0 Å². The molecule has 0 fully saturated rings. The number of aromatic nitrogens is 1. The molecule has 0 spiro atoms. The Balaban J connectivity index is 1.37. The van der Waals surface area contributed by atoms with Gasteiger partial charge < -0.3 is 9.15 Å². The molecule has 4 aromatic rings. The van der Waals surface area contributed by atoms with Crippen LogP contribution in [0.2, 0.25) is 5.02 Å². The third kappa shape index (κ3) is 4.84. The van der Waals surface area contributed by atoms with E-state index in [0.29, 0.717) is 27.8 Å². The van der Waals surface area contributed by atoms with Gasteiger partial charge in [0.25, 0.3) is 5.91 Å². The number of fused-ring (bicyclic) bond motifs is 1. The van der Waals surface area contributed by atoms with Crippen LogP contribution in [-0.2, 0) is 6.61 Å². The molecule has 2 aromatic carbocycles. The molecular formula is C23H18ClN3O4. The number of carbonyl (C=O) groups excluding carboxylic acids is 2. The Morgan fingerprint density at radius 2 is 1.77 bits per heavy atom. The molecule has 0 aliphatic heterocycles. The smallest absolute Gasteiger partial charge is 0.305 e. The highest BCUT2D eigenvalue weighted by atomic mass is 35.5. The lowest BCUT2D eigenvalue weighted by Gasteiger charge is -2.09. The van der Waals surface area contributed by atoms with Gasteiger partial charge in [-0.25, -0.2) is 0 Å². The largest absolute Gasteiger partial charge is 0.486 e. The molecule has 0 unspecified atom stereocenters. The van der Waals surface area contributed by atoms with Crippen LogP contribution in [0.15, 0.2) is 71.1 Å². The summed E-state index contributed by atoms with van der Waals surface area (Å²) in [7, 11) is 0. The molecule has 2 heterocycles. The summed E-state index contributed by atoms with van der Waals surface area (Å²) in [6.07, 6.45) is 0. The minimum Gasteiger partial charge on any atom is -0.486 e. The minimum absolute atomic E-state index is 0.0482. The van der Waals surface area contributed by atoms with E-state index in [1.807, 2.05) is 30.3 Å². The molecule has 2 amide bonds. The van der Waals surface area contributed by atoms with E-state index in [1.165, 1.54) is 6.07 Å². The first-order valence-electron chi connectivity index (χ1n) is 9.44. The quantitative estimate of drug-likeness (QED) is 0.452. The molecule has 31 heavy (non-hydrogen) atoms. The van der Waals surface area contributed by atoms with Crippen LogP contribution in [0.25, 0.3) is 10.9 Å². The van der Waals surface area contributed by atoms with Crippen molar-refractivity contribution in [2.24, 2.45) is 0 Å². The van der Waals surface area contributed by atoms with E-state index < -0.39 is 11.8 Å². The molecule has 2 aromatic heterocycles. The minimum atomic E-state index is -0.589. The van der Waals surface area contributed by atoms with E-state index in [4.69, 9.17) is 20.8 Å². The zero-order chi connectivity index (χ0) is 21.8. The van der Waals surface area contributed by atoms with Crippen molar-refractivity contribution in [2.75, 3.05) is 0 Å². The van der Waals surface area contributed by atoms with Crippen molar-refractivity contribution in [1.82, 2.24) is 15.8 Å². The van der Waals surface area contributed by atoms with Crippen molar-refractivity contribution < 1.29 is 18.7 Å². The summed E-state index contributed by atoms with van der Waals surface area (Å²) in [5.41, 5.74) is 6.30. The van der Waals surface area contributed by atoms with Crippen molar-refractivity contribution >= 4 is 34.3 Å². The van der Waals surface area contributed by atoms with Crippen molar-refractivity contribution in [1.29, 1.82) is 0 Å². The van der Waals surface area contributed by atoms with Gasteiger partial charge in [0, 0.05) is 10.4 Å². The number of pyridine rings is 1. The van der Waals surface area contributed by atoms with Crippen LogP contribution >= 0.6 is 11.6 Å². The first kappa shape index (κ1) is 20.4. The first-order chi connectivity index (χ1) is 15.0. The lowest BCUT2D eigenvalue weighted by molar-refractivity contribution is 0.0828. The Bertz CT molecular complexity index is 1250. The van der Waals surface area contributed by atoms with Gasteiger partial charge in [0.05, 0.1) is 16.8 Å². The number of hydrogen-bond acceptors (Lipinski definition) is 5. The van der Waals surface area contributed by atoms with Gasteiger partial charge in [0.1, 0.15) is 18.1 Å². The van der Waals surface area contributed by atoms with E-state index in [9.17, 15) is 9.59 Å². The van der Waals surface area contributed by atoms with E-state index in [1.54, 1.807) is 37.3 Å². The molecule has 0 bridgehead atoms. The van der Waals surface area contributed by atoms with Gasteiger partial charge in [0.2, 0.25) is 0 Å². The zero-order valence-electron chi connectivity index (χ0n) is 16.5. The Kier molecular flexibility index (Phi) is 5.86. The summed E-state index contributed by atoms with van der Waals surface area (Å²) >= 11 is 6.02. The average molecular weight is 436 g/mol. The van der Waals surface area contributed by atoms with Gasteiger partial charge in [0.15, 0.2) is 5.76 Å². The number of hydrogen-bond donors (Lipinski definition) is 2. The molecular weight excluding hydrogens is 418 g/mol. The number of para-hydroxylation sites is 1. The highest BCUT2D eigenvalue weighted by Gasteiger charge is 2.16. The summed E-state index contributed by atoms with van der Waals surface area (Å²) in [5.74, 6) is 0.130. The summed E-state index contributed by atoms with van der Waals surface area (Å²) < 4.78 is 11.1. The molecule has 2 N–H and O–H groups in total. The number of benzene rings is 2. The van der Waals surface area contributed by atoms with Gasteiger partial charge in [-0.2, -0.15) is 0 Å². The van der Waals surface area contributed by atoms with Crippen molar-refractivity contribution in [3.8, 4) is 5.75 Å². The third-order valence-corrected chi connectivity index (χ3v) is 4.75. The lowest BCUT2D eigenvalue weighted by Crippen LogP contribution is -2.41. The molecule has 4 rings (SSSR count). The summed E-state index contributed by atoms with van der Waals surface area (Å²) in [6.45, 7) is 1.89. The van der Waals surface area contributed by atoms with Gasteiger partial charge >= 0.3 is 5.91 Å². The fraction of sp³-hybridized carbons (Fsp3) is 0.0870. The molecule has 0 aliphatic rings. The molecule has 7 nitrogen and oxygen atoms in total. The Morgan fingerprint density at radius 3 is 2.58 bits per heavy atom. The lowest BCUT2D eigenvalue weighted by atomic mass is 10.1. The maximum absolute atomic E-state index is 12.5. The molecule has 8 heteroatoms. The second kappa shape index (κ2) is 8.89. The van der Waals surface area contributed by atoms with Crippen molar-refractivity contribution in [3.05, 3.63) is 94.5 Å². The number of ether oxygens (including phenoxy) is 1. The summed E-state index contributed by atoms with van der Waals surface area (Å²) in [4.78, 5) is 29.3. The van der Waals surface area contributed by atoms with E-state index >= 15 is 0 Å². The molecule has 0 saturated carbocycles. The molecule has 0 aliphatic carbocycles. The molecule has 156 valence electrons. The number of nitrogens with zero attached hydrogens (tertiary/aromatic N) is 1. The number of halogens is 1. The van der Waals surface area contributed by atoms with Crippen LogP contribution in [0.1, 0.15) is 32.4 Å². The number of nitrogens with one attached hydrogen (secondary N) is 2. The third-order valence-electron chi connectivity index (χ3n) is 4.51. The van der Waals surface area contributed by atoms with Gasteiger partial charge in [-0.15, -0.1) is 0 Å². The van der Waals surface area contributed by atoms with E-state index in [0.717, 1.165) is 10.9 Å². The Labute approximate surface area is 183 Å². The summed E-state index contributed by atoms with van der Waals surface area (Å²) in [6, 6.07) is 19.3. The van der Waals surface area contributed by atoms with Crippen LogP contribution in [0.4, 0.5) is 0 Å². The maximum Gasteiger partial charge on any atom is 0.305 e. The molecule has 0 atom stereocenters. The van der Waals surface area contributed by atoms with E-state index in [-0.39, 0.29) is 12.4 Å². The van der Waals surface area contributed by atoms with Gasteiger partial charge in [-0.05, 0) is 55.5 Å². The van der Waals surface area contributed by atoms with Crippen LogP contribution < -0.4 is 15.6 Å². The topological polar surface area (TPSA) is 93.5 Å². The van der Waals surface area contributed by atoms with Gasteiger partial charge in [-0.1, -0.05) is 29.8 Å². The number of amides is 2. The Morgan fingerprint density at radius 1 is 1.00 bits per heavy atom. The van der Waals surface area contributed by atoms with Gasteiger partial charge in [-0.3, -0.25) is 25.4 Å². The van der Waals surface area contributed by atoms with Crippen LogP contribution in [-0.4, -0.2) is 16.8 Å². The number of carbonyl (C=O) groups is 2. The second-order valence-corrected chi connectivity index (χ2v) is 7.17. The maximum atomic E-state index is 12.5. The first-order valence-corrected chi connectivity index (χ1v) is 9.81. The normalized spacial score (nSPS) is 10.6. The average Bonchev–Trinajstić information content (AvgIpc) is 3.25. The summed E-state index contributed by atoms with van der Waals surface area (Å²) in [5, 5.41) is 1.27. The molecule has 0 radical (unpaired) electrons. The number of furan rings is 1. The number of rotatable bonds is 5. The number of hydrazine groups is 1. The van der Waals surface area contributed by atoms with E-state index in [2.05, 4.69) is 15.8 Å². The SMILES string of the molecule is Cc1nc2ccc(Cl)cc2cc1C(=O)NNC(=O)c1ccc(COc2ccccc2)o1.